The summed E-state index contributed by atoms with van der Waals surface area (Å²) in [7, 11) is 2.23. The van der Waals surface area contributed by atoms with Crippen LogP contribution in [0.25, 0.3) is 0 Å². The van der Waals surface area contributed by atoms with Crippen LogP contribution in [0.15, 0.2) is 0 Å². The fourth-order valence-corrected chi connectivity index (χ4v) is 2.73. The Morgan fingerprint density at radius 2 is 1.95 bits per heavy atom. The number of nitrogens with zero attached hydrogens (tertiary/aromatic N) is 2. The van der Waals surface area contributed by atoms with Crippen molar-refractivity contribution < 1.29 is 0 Å². The molecule has 1 saturated heterocycles. The van der Waals surface area contributed by atoms with Gasteiger partial charge in [-0.2, -0.15) is 0 Å². The van der Waals surface area contributed by atoms with Crippen LogP contribution in [-0.4, -0.2) is 61.7 Å². The van der Waals surface area contributed by atoms with E-state index in [1.807, 2.05) is 0 Å². The molecule has 0 aliphatic carbocycles. The first-order valence-corrected chi connectivity index (χ1v) is 8.46. The van der Waals surface area contributed by atoms with Crippen LogP contribution in [0.5, 0.6) is 0 Å². The molecule has 0 amide bonds. The van der Waals surface area contributed by atoms with Gasteiger partial charge in [0.2, 0.25) is 0 Å². The largest absolute Gasteiger partial charge is 0.312 e. The molecule has 120 valence electrons. The molecule has 0 aromatic carbocycles. The zero-order chi connectivity index (χ0) is 15.2. The van der Waals surface area contributed by atoms with E-state index in [2.05, 4.69) is 56.8 Å². The maximum absolute atomic E-state index is 3.73. The van der Waals surface area contributed by atoms with Crippen LogP contribution in [0.4, 0.5) is 0 Å². The normalized spacial score (nSPS) is 22.5. The lowest BCUT2D eigenvalue weighted by molar-refractivity contribution is 0.191. The van der Waals surface area contributed by atoms with Crippen molar-refractivity contribution in [1.29, 1.82) is 0 Å². The van der Waals surface area contributed by atoms with Crippen molar-refractivity contribution in [3.05, 3.63) is 0 Å². The average molecular weight is 284 g/mol. The van der Waals surface area contributed by atoms with E-state index in [1.54, 1.807) is 0 Å². The molecule has 0 aromatic heterocycles. The van der Waals surface area contributed by atoms with Crippen LogP contribution in [0.1, 0.15) is 53.9 Å². The first-order chi connectivity index (χ1) is 9.30. The molecule has 1 rings (SSSR count). The van der Waals surface area contributed by atoms with Gasteiger partial charge in [-0.25, -0.2) is 0 Å². The summed E-state index contributed by atoms with van der Waals surface area (Å²) in [5, 5.41) is 3.73. The molecule has 1 unspecified atom stereocenters. The van der Waals surface area contributed by atoms with E-state index in [1.165, 1.54) is 52.0 Å². The number of rotatable bonds is 6. The van der Waals surface area contributed by atoms with Gasteiger partial charge in [-0.3, -0.25) is 0 Å². The predicted octanol–water partition coefficient (Wildman–Crippen LogP) is 2.82. The van der Waals surface area contributed by atoms with Crippen molar-refractivity contribution in [3.8, 4) is 0 Å². The SMILES string of the molecule is CC(C)N(C)CCCCN1CCCNC(C(C)(C)C)C1. The highest BCUT2D eigenvalue weighted by atomic mass is 15.2. The minimum Gasteiger partial charge on any atom is -0.312 e. The predicted molar refractivity (Wildman–Crippen MR) is 89.3 cm³/mol. The molecule has 0 radical (unpaired) electrons. The van der Waals surface area contributed by atoms with Crippen molar-refractivity contribution in [1.82, 2.24) is 15.1 Å². The summed E-state index contributed by atoms with van der Waals surface area (Å²) in [6.07, 6.45) is 3.94. The Kier molecular flexibility index (Phi) is 7.49. The number of nitrogens with one attached hydrogen (secondary N) is 1. The number of hydrogen-bond donors (Lipinski definition) is 1. The number of unbranched alkanes of at least 4 members (excludes halogenated alkanes) is 1. The second-order valence-corrected chi connectivity index (χ2v) is 7.81. The summed E-state index contributed by atoms with van der Waals surface area (Å²) in [6.45, 7) is 17.7. The van der Waals surface area contributed by atoms with Crippen LogP contribution in [0, 0.1) is 5.41 Å². The molecule has 0 saturated carbocycles. The van der Waals surface area contributed by atoms with Gasteiger partial charge in [-0.1, -0.05) is 20.8 Å². The lowest BCUT2D eigenvalue weighted by atomic mass is 9.86. The molecule has 1 heterocycles. The molecule has 3 heteroatoms. The first-order valence-electron chi connectivity index (χ1n) is 8.46. The van der Waals surface area contributed by atoms with Crippen LogP contribution in [-0.2, 0) is 0 Å². The van der Waals surface area contributed by atoms with Gasteiger partial charge in [0, 0.05) is 18.6 Å². The summed E-state index contributed by atoms with van der Waals surface area (Å²) in [5.41, 5.74) is 0.362. The van der Waals surface area contributed by atoms with Crippen LogP contribution in [0.3, 0.4) is 0 Å². The van der Waals surface area contributed by atoms with Gasteiger partial charge in [0.05, 0.1) is 0 Å². The Morgan fingerprint density at radius 1 is 1.25 bits per heavy atom. The lowest BCUT2D eigenvalue weighted by Crippen LogP contribution is -2.46. The van der Waals surface area contributed by atoms with E-state index in [0.717, 1.165) is 0 Å². The van der Waals surface area contributed by atoms with Gasteiger partial charge in [0.1, 0.15) is 0 Å². The number of hydrogen-bond acceptors (Lipinski definition) is 3. The summed E-state index contributed by atoms with van der Waals surface area (Å²) in [5.74, 6) is 0. The zero-order valence-corrected chi connectivity index (χ0v) is 14.7. The molecule has 1 aliphatic heterocycles. The molecular weight excluding hydrogens is 246 g/mol. The van der Waals surface area contributed by atoms with Gasteiger partial charge in [-0.05, 0) is 71.8 Å². The third kappa shape index (κ3) is 6.55. The standard InChI is InChI=1S/C17H37N3/c1-15(2)19(6)11-7-8-12-20-13-9-10-18-16(14-20)17(3,4)5/h15-16,18H,7-14H2,1-6H3. The zero-order valence-electron chi connectivity index (χ0n) is 14.7. The van der Waals surface area contributed by atoms with E-state index in [-0.39, 0.29) is 0 Å². The highest BCUT2D eigenvalue weighted by Gasteiger charge is 2.27. The summed E-state index contributed by atoms with van der Waals surface area (Å²) in [6, 6.07) is 1.30. The Labute approximate surface area is 127 Å². The van der Waals surface area contributed by atoms with Crippen molar-refractivity contribution in [3.63, 3.8) is 0 Å². The van der Waals surface area contributed by atoms with E-state index in [9.17, 15) is 0 Å². The molecule has 0 aromatic rings. The van der Waals surface area contributed by atoms with Gasteiger partial charge in [-0.15, -0.1) is 0 Å². The second kappa shape index (κ2) is 8.35. The molecule has 1 N–H and O–H groups in total. The quantitative estimate of drug-likeness (QED) is 0.756. The molecule has 1 aliphatic rings. The molecule has 1 atom stereocenters. The smallest absolute Gasteiger partial charge is 0.0243 e. The highest BCUT2D eigenvalue weighted by molar-refractivity contribution is 4.85. The van der Waals surface area contributed by atoms with Crippen LogP contribution < -0.4 is 5.32 Å². The van der Waals surface area contributed by atoms with Gasteiger partial charge in [0.25, 0.3) is 0 Å². The van der Waals surface area contributed by atoms with E-state index in [0.29, 0.717) is 17.5 Å². The van der Waals surface area contributed by atoms with Crippen LogP contribution in [0.2, 0.25) is 0 Å². The van der Waals surface area contributed by atoms with E-state index in [4.69, 9.17) is 0 Å². The molecule has 3 nitrogen and oxygen atoms in total. The van der Waals surface area contributed by atoms with Crippen molar-refractivity contribution in [2.45, 2.75) is 66.0 Å². The van der Waals surface area contributed by atoms with Gasteiger partial charge >= 0.3 is 0 Å². The maximum Gasteiger partial charge on any atom is 0.0243 e. The topological polar surface area (TPSA) is 18.5 Å². The fourth-order valence-electron chi connectivity index (χ4n) is 2.73. The third-order valence-electron chi connectivity index (χ3n) is 4.64. The lowest BCUT2D eigenvalue weighted by Gasteiger charge is -2.33. The minimum atomic E-state index is 0.362. The molecular formula is C17H37N3. The Morgan fingerprint density at radius 3 is 2.55 bits per heavy atom. The molecule has 1 fully saturated rings. The summed E-state index contributed by atoms with van der Waals surface area (Å²) < 4.78 is 0. The van der Waals surface area contributed by atoms with E-state index < -0.39 is 0 Å². The summed E-state index contributed by atoms with van der Waals surface area (Å²) in [4.78, 5) is 5.12. The maximum atomic E-state index is 3.73. The summed E-state index contributed by atoms with van der Waals surface area (Å²) >= 11 is 0. The minimum absolute atomic E-state index is 0.362. The van der Waals surface area contributed by atoms with Crippen molar-refractivity contribution in [2.24, 2.45) is 5.41 Å². The van der Waals surface area contributed by atoms with E-state index >= 15 is 0 Å². The Balaban J connectivity index is 2.28. The monoisotopic (exact) mass is 283 g/mol. The first kappa shape index (κ1) is 17.9. The Bertz CT molecular complexity index is 257. The third-order valence-corrected chi connectivity index (χ3v) is 4.64. The van der Waals surface area contributed by atoms with Crippen molar-refractivity contribution in [2.75, 3.05) is 39.8 Å². The average Bonchev–Trinajstić information content (AvgIpc) is 2.59. The van der Waals surface area contributed by atoms with Crippen LogP contribution >= 0.6 is 0 Å². The van der Waals surface area contributed by atoms with Gasteiger partial charge < -0.3 is 15.1 Å². The fraction of sp³-hybridized carbons (Fsp3) is 1.00. The highest BCUT2D eigenvalue weighted by Crippen LogP contribution is 2.21. The Hall–Kier alpha value is -0.120. The molecule has 0 bridgehead atoms. The molecule has 20 heavy (non-hydrogen) atoms. The van der Waals surface area contributed by atoms with Gasteiger partial charge in [0.15, 0.2) is 0 Å². The van der Waals surface area contributed by atoms with Crippen molar-refractivity contribution >= 4 is 0 Å². The second-order valence-electron chi connectivity index (χ2n) is 7.81. The molecule has 0 spiro atoms.